The molecule has 1 aliphatic heterocycles. The topological polar surface area (TPSA) is 76.7 Å². The summed E-state index contributed by atoms with van der Waals surface area (Å²) in [6.45, 7) is 5.29. The SMILES string of the molecule is CCOc1ccc(CCN2C(=O)c3ccc(-c4ccco4)n3C[C@]2(C)C(=O)NC2CCCC2)cc1. The predicted octanol–water partition coefficient (Wildman–Crippen LogP) is 4.66. The van der Waals surface area contributed by atoms with Crippen molar-refractivity contribution in [1.82, 2.24) is 14.8 Å². The van der Waals surface area contributed by atoms with E-state index in [9.17, 15) is 9.59 Å². The molecule has 1 aliphatic carbocycles. The van der Waals surface area contributed by atoms with Gasteiger partial charge in [-0.05, 0) is 75.1 Å². The Balaban J connectivity index is 1.44. The van der Waals surface area contributed by atoms with Crippen molar-refractivity contribution in [2.45, 2.75) is 64.1 Å². The van der Waals surface area contributed by atoms with Gasteiger partial charge in [-0.2, -0.15) is 0 Å². The number of carbonyl (C=O) groups is 2. The Kier molecular flexibility index (Phi) is 6.41. The van der Waals surface area contributed by atoms with Crippen LogP contribution in [0.15, 0.2) is 59.2 Å². The van der Waals surface area contributed by atoms with Gasteiger partial charge in [-0.25, -0.2) is 0 Å². The lowest BCUT2D eigenvalue weighted by Gasteiger charge is -2.44. The van der Waals surface area contributed by atoms with Crippen LogP contribution in [0.25, 0.3) is 11.5 Å². The number of rotatable bonds is 8. The first-order valence-corrected chi connectivity index (χ1v) is 12.6. The van der Waals surface area contributed by atoms with E-state index in [0.29, 0.717) is 37.6 Å². The highest BCUT2D eigenvalue weighted by Crippen LogP contribution is 2.34. The Morgan fingerprint density at radius 1 is 1.11 bits per heavy atom. The normalized spacial score (nSPS) is 20.2. The van der Waals surface area contributed by atoms with Gasteiger partial charge in [0.15, 0.2) is 0 Å². The van der Waals surface area contributed by atoms with E-state index in [1.807, 2.05) is 66.9 Å². The van der Waals surface area contributed by atoms with Crippen molar-refractivity contribution in [1.29, 1.82) is 0 Å². The number of nitrogens with zero attached hydrogens (tertiary/aromatic N) is 2. The fourth-order valence-corrected chi connectivity index (χ4v) is 5.33. The molecule has 3 aromatic rings. The van der Waals surface area contributed by atoms with Gasteiger partial charge in [0.1, 0.15) is 22.7 Å². The highest BCUT2D eigenvalue weighted by atomic mass is 16.5. The fraction of sp³-hybridized carbons (Fsp3) is 0.429. The lowest BCUT2D eigenvalue weighted by atomic mass is 9.93. The molecule has 7 nitrogen and oxygen atoms in total. The number of aromatic nitrogens is 1. The van der Waals surface area contributed by atoms with E-state index < -0.39 is 5.54 Å². The molecule has 0 saturated heterocycles. The maximum Gasteiger partial charge on any atom is 0.271 e. The molecule has 7 heteroatoms. The first kappa shape index (κ1) is 23.3. The molecular weight excluding hydrogens is 442 g/mol. The van der Waals surface area contributed by atoms with Crippen LogP contribution < -0.4 is 10.1 Å². The van der Waals surface area contributed by atoms with Crippen LogP contribution in [0.1, 0.15) is 55.6 Å². The average Bonchev–Trinajstić information content (AvgIpc) is 3.62. The standard InChI is InChI=1S/C28H33N3O4/c1-3-34-22-12-10-20(11-13-22)16-17-31-26(32)24-15-14-23(25-9-6-18-35-25)30(24)19-28(31,2)27(33)29-21-7-4-5-8-21/h6,9-15,18,21H,3-5,7-8,16-17,19H2,1-2H3,(H,29,33)/t28-/m1/s1. The number of benzene rings is 1. The summed E-state index contributed by atoms with van der Waals surface area (Å²) in [6, 6.07) is 15.6. The van der Waals surface area contributed by atoms with E-state index in [0.717, 1.165) is 42.7 Å². The molecule has 1 saturated carbocycles. The Hall–Kier alpha value is -3.48. The molecule has 1 aromatic carbocycles. The van der Waals surface area contributed by atoms with Gasteiger partial charge in [0, 0.05) is 12.6 Å². The van der Waals surface area contributed by atoms with Gasteiger partial charge in [0.05, 0.1) is 25.1 Å². The molecule has 2 aliphatic rings. The lowest BCUT2D eigenvalue weighted by molar-refractivity contribution is -0.133. The van der Waals surface area contributed by atoms with Crippen molar-refractivity contribution in [2.75, 3.05) is 13.2 Å². The van der Waals surface area contributed by atoms with Gasteiger partial charge < -0.3 is 23.9 Å². The highest BCUT2D eigenvalue weighted by Gasteiger charge is 2.48. The van der Waals surface area contributed by atoms with Crippen LogP contribution in [0.3, 0.4) is 0 Å². The smallest absolute Gasteiger partial charge is 0.271 e. The van der Waals surface area contributed by atoms with E-state index in [2.05, 4.69) is 5.32 Å². The Labute approximate surface area is 206 Å². The van der Waals surface area contributed by atoms with Crippen molar-refractivity contribution in [3.8, 4) is 17.2 Å². The molecule has 0 unspecified atom stereocenters. The monoisotopic (exact) mass is 475 g/mol. The molecule has 3 heterocycles. The van der Waals surface area contributed by atoms with E-state index >= 15 is 0 Å². The number of nitrogens with one attached hydrogen (secondary N) is 1. The Morgan fingerprint density at radius 3 is 2.54 bits per heavy atom. The summed E-state index contributed by atoms with van der Waals surface area (Å²) in [4.78, 5) is 29.3. The minimum absolute atomic E-state index is 0.0887. The van der Waals surface area contributed by atoms with E-state index in [1.165, 1.54) is 0 Å². The second-order valence-electron chi connectivity index (χ2n) is 9.68. The molecule has 1 N–H and O–H groups in total. The second kappa shape index (κ2) is 9.64. The van der Waals surface area contributed by atoms with Gasteiger partial charge in [-0.3, -0.25) is 9.59 Å². The maximum atomic E-state index is 13.8. The number of furan rings is 1. The molecule has 2 aromatic heterocycles. The number of hydrogen-bond acceptors (Lipinski definition) is 4. The van der Waals surface area contributed by atoms with Crippen LogP contribution >= 0.6 is 0 Å². The van der Waals surface area contributed by atoms with Crippen LogP contribution in [0.5, 0.6) is 5.75 Å². The van der Waals surface area contributed by atoms with Crippen molar-refractivity contribution in [3.63, 3.8) is 0 Å². The molecule has 0 spiro atoms. The zero-order valence-electron chi connectivity index (χ0n) is 20.5. The molecule has 2 amide bonds. The van der Waals surface area contributed by atoms with E-state index in [-0.39, 0.29) is 17.9 Å². The second-order valence-corrected chi connectivity index (χ2v) is 9.68. The highest BCUT2D eigenvalue weighted by molar-refractivity contribution is 6.00. The van der Waals surface area contributed by atoms with Gasteiger partial charge in [0.25, 0.3) is 5.91 Å². The number of hydrogen-bond donors (Lipinski definition) is 1. The zero-order chi connectivity index (χ0) is 24.4. The summed E-state index contributed by atoms with van der Waals surface area (Å²) < 4.78 is 13.1. The summed E-state index contributed by atoms with van der Waals surface area (Å²) in [6.07, 6.45) is 6.52. The number of carbonyl (C=O) groups excluding carboxylic acids is 2. The van der Waals surface area contributed by atoms with Crippen molar-refractivity contribution in [3.05, 3.63) is 66.1 Å². The number of fused-ring (bicyclic) bond motifs is 1. The van der Waals surface area contributed by atoms with Gasteiger partial charge >= 0.3 is 0 Å². The summed E-state index contributed by atoms with van der Waals surface area (Å²) >= 11 is 0. The van der Waals surface area contributed by atoms with E-state index in [4.69, 9.17) is 9.15 Å². The molecule has 5 rings (SSSR count). The average molecular weight is 476 g/mol. The first-order chi connectivity index (χ1) is 17.0. The predicted molar refractivity (Wildman–Crippen MR) is 133 cm³/mol. The molecular formula is C28H33N3O4. The summed E-state index contributed by atoms with van der Waals surface area (Å²) in [5.74, 6) is 1.29. The molecule has 1 atom stereocenters. The first-order valence-electron chi connectivity index (χ1n) is 12.6. The van der Waals surface area contributed by atoms with Crippen LogP contribution in [0.2, 0.25) is 0 Å². The minimum Gasteiger partial charge on any atom is -0.494 e. The zero-order valence-corrected chi connectivity index (χ0v) is 20.5. The number of ether oxygens (including phenoxy) is 1. The molecule has 184 valence electrons. The van der Waals surface area contributed by atoms with Crippen molar-refractivity contribution in [2.24, 2.45) is 0 Å². The molecule has 0 radical (unpaired) electrons. The van der Waals surface area contributed by atoms with Crippen LogP contribution in [0.4, 0.5) is 0 Å². The summed E-state index contributed by atoms with van der Waals surface area (Å²) in [7, 11) is 0. The summed E-state index contributed by atoms with van der Waals surface area (Å²) in [5, 5.41) is 3.25. The van der Waals surface area contributed by atoms with Crippen molar-refractivity contribution < 1.29 is 18.7 Å². The lowest BCUT2D eigenvalue weighted by Crippen LogP contribution is -2.65. The van der Waals surface area contributed by atoms with Crippen molar-refractivity contribution >= 4 is 11.8 Å². The van der Waals surface area contributed by atoms with Gasteiger partial charge in [0.2, 0.25) is 5.91 Å². The fourth-order valence-electron chi connectivity index (χ4n) is 5.33. The van der Waals surface area contributed by atoms with Gasteiger partial charge in [-0.15, -0.1) is 0 Å². The molecule has 1 fully saturated rings. The third-order valence-corrected chi connectivity index (χ3v) is 7.32. The van der Waals surface area contributed by atoms with Gasteiger partial charge in [-0.1, -0.05) is 25.0 Å². The Bertz CT molecular complexity index is 1180. The third kappa shape index (κ3) is 4.47. The van der Waals surface area contributed by atoms with Crippen LogP contribution in [-0.2, 0) is 17.8 Å². The van der Waals surface area contributed by atoms with Crippen LogP contribution in [0, 0.1) is 0 Å². The Morgan fingerprint density at radius 2 is 1.86 bits per heavy atom. The third-order valence-electron chi connectivity index (χ3n) is 7.32. The van der Waals surface area contributed by atoms with Crippen LogP contribution in [-0.4, -0.2) is 46.0 Å². The minimum atomic E-state index is -1.02. The molecule has 35 heavy (non-hydrogen) atoms. The largest absolute Gasteiger partial charge is 0.494 e. The maximum absolute atomic E-state index is 13.8. The quantitative estimate of drug-likeness (QED) is 0.514. The molecule has 0 bridgehead atoms. The van der Waals surface area contributed by atoms with E-state index in [1.54, 1.807) is 11.2 Å². The number of amides is 2. The summed E-state index contributed by atoms with van der Waals surface area (Å²) in [5.41, 5.74) is 1.47.